The van der Waals surface area contributed by atoms with Crippen LogP contribution in [0.4, 0.5) is 0 Å². The first-order valence-corrected chi connectivity index (χ1v) is 1.41. The first kappa shape index (κ1) is 73.3. The molecule has 0 aliphatic heterocycles. The van der Waals surface area contributed by atoms with E-state index in [1.165, 1.54) is 6.42 Å². The molecule has 0 aliphatic carbocycles. The molecule has 0 rings (SSSR count). The summed E-state index contributed by atoms with van der Waals surface area (Å²) in [6, 6.07) is 0. The molecular weight excluding hydrogens is 372 g/mol. The third kappa shape index (κ3) is 197. The van der Waals surface area contributed by atoms with Gasteiger partial charge in [0.05, 0.1) is 0 Å². The minimum Gasteiger partial charge on any atom is -0.693 e. The predicted octanol–water partition coefficient (Wildman–Crippen LogP) is 3.75. The van der Waals surface area contributed by atoms with Crippen molar-refractivity contribution >= 4 is 0 Å². The Bertz CT molecular complexity index is 14.9. The molecule has 0 atom stereocenters. The van der Waals surface area contributed by atoms with Gasteiger partial charge in [-0.15, -0.1) is 0 Å². The average molecular weight is 390 g/mol. The fourth-order valence-electron chi connectivity index (χ4n) is 0. The molecule has 0 spiro atoms. The fraction of sp³-hybridized carbons (Fsp3) is 0.600. The van der Waals surface area contributed by atoms with Gasteiger partial charge in [0.25, 0.3) is 0 Å². The van der Waals surface area contributed by atoms with Gasteiger partial charge in [0.1, 0.15) is 0 Å². The molecule has 0 aliphatic rings. The van der Waals surface area contributed by atoms with Crippen molar-refractivity contribution in [3.63, 3.8) is 0 Å². The summed E-state index contributed by atoms with van der Waals surface area (Å²) in [5.74, 6) is 0. The summed E-state index contributed by atoms with van der Waals surface area (Å²) < 4.78 is 0. The Labute approximate surface area is 100 Å². The summed E-state index contributed by atoms with van der Waals surface area (Å²) >= 11 is 0. The van der Waals surface area contributed by atoms with E-state index in [1.54, 1.807) is 0 Å². The standard InChI is InChI=1S/C3H8.2CH3.2H2N.Pt.Y/c1-3-2;;;;;;/h3H2,1-2H3;2*1H3;2*1H2;;/q;4*-1;;. The number of hydrogen-bond acceptors (Lipinski definition) is 0. The SMILES string of the molecule is CCC.[CH3-].[CH3-].[NH2-].[NH2-].[Pt].[Y]. The van der Waals surface area contributed by atoms with E-state index < -0.39 is 0 Å². The maximum atomic E-state index is 2.12. The van der Waals surface area contributed by atoms with E-state index in [1.807, 2.05) is 0 Å². The van der Waals surface area contributed by atoms with Crippen molar-refractivity contribution in [2.24, 2.45) is 0 Å². The van der Waals surface area contributed by atoms with Gasteiger partial charge in [0, 0.05) is 53.8 Å². The van der Waals surface area contributed by atoms with Gasteiger partial charge >= 0.3 is 0 Å². The van der Waals surface area contributed by atoms with Gasteiger partial charge in [0.2, 0.25) is 0 Å². The molecule has 0 fully saturated rings. The van der Waals surface area contributed by atoms with Gasteiger partial charge in [-0.3, -0.25) is 0 Å². The summed E-state index contributed by atoms with van der Waals surface area (Å²) in [4.78, 5) is 0. The van der Waals surface area contributed by atoms with Crippen molar-refractivity contribution in [1.82, 2.24) is 0 Å². The van der Waals surface area contributed by atoms with E-state index >= 15 is 0 Å². The largest absolute Gasteiger partial charge is 0.693 e. The molecule has 65 valence electrons. The van der Waals surface area contributed by atoms with Crippen LogP contribution in [-0.2, 0) is 53.8 Å². The number of rotatable bonds is 0. The molecular formula is C5H18N2PtY-4. The molecule has 1 radical (unpaired) electrons. The molecule has 2 nitrogen and oxygen atoms in total. The van der Waals surface area contributed by atoms with Crippen molar-refractivity contribution in [3.8, 4) is 0 Å². The monoisotopic (exact) mass is 390 g/mol. The summed E-state index contributed by atoms with van der Waals surface area (Å²) in [5, 5.41) is 0. The van der Waals surface area contributed by atoms with E-state index in [4.69, 9.17) is 0 Å². The van der Waals surface area contributed by atoms with Crippen LogP contribution in [0.3, 0.4) is 0 Å². The van der Waals surface area contributed by atoms with Crippen LogP contribution in [0.5, 0.6) is 0 Å². The van der Waals surface area contributed by atoms with E-state index in [0.717, 1.165) is 0 Å². The zero-order valence-electron chi connectivity index (χ0n) is 6.76. The number of nitrogens with two attached hydrogens (primary N) is 2. The molecule has 0 bridgehead atoms. The molecule has 0 saturated heterocycles. The second-order valence-electron chi connectivity index (χ2n) is 0.707. The predicted molar refractivity (Wildman–Crippen MR) is 39.4 cm³/mol. The molecule has 4 heteroatoms. The third-order valence-corrected chi connectivity index (χ3v) is 0. The van der Waals surface area contributed by atoms with Crippen LogP contribution < -0.4 is 0 Å². The fourth-order valence-corrected chi connectivity index (χ4v) is 0. The van der Waals surface area contributed by atoms with Crippen molar-refractivity contribution in [2.45, 2.75) is 20.3 Å². The molecule has 0 heterocycles. The third-order valence-electron chi connectivity index (χ3n) is 0. The molecule has 4 N–H and O–H groups in total. The van der Waals surface area contributed by atoms with Gasteiger partial charge < -0.3 is 27.2 Å². The minimum atomic E-state index is 0. The van der Waals surface area contributed by atoms with Crippen LogP contribution in [0.25, 0.3) is 12.3 Å². The van der Waals surface area contributed by atoms with Crippen molar-refractivity contribution in [2.75, 3.05) is 0 Å². The Morgan fingerprint density at radius 2 is 0.889 bits per heavy atom. The Morgan fingerprint density at radius 1 is 0.889 bits per heavy atom. The molecule has 0 aromatic rings. The Kier molecular flexibility index (Phi) is 816. The Morgan fingerprint density at radius 3 is 0.889 bits per heavy atom. The second kappa shape index (κ2) is 100. The van der Waals surface area contributed by atoms with Gasteiger partial charge in [-0.2, -0.15) is 0 Å². The Hall–Kier alpha value is 1.71. The molecule has 0 aromatic carbocycles. The number of hydrogen-bond donors (Lipinski definition) is 0. The normalized spacial score (nSPS) is 2.00. The maximum Gasteiger partial charge on any atom is 0 e. The summed E-state index contributed by atoms with van der Waals surface area (Å²) in [7, 11) is 0. The van der Waals surface area contributed by atoms with Crippen LogP contribution in [0.2, 0.25) is 0 Å². The van der Waals surface area contributed by atoms with Crippen molar-refractivity contribution < 1.29 is 53.8 Å². The molecule has 0 aromatic heterocycles. The first-order chi connectivity index (χ1) is 1.41. The maximum absolute atomic E-state index is 2.12. The van der Waals surface area contributed by atoms with E-state index in [-0.39, 0.29) is 80.9 Å². The molecule has 0 unspecified atom stereocenters. The smallest absolute Gasteiger partial charge is 0 e. The van der Waals surface area contributed by atoms with Gasteiger partial charge in [-0.25, -0.2) is 0 Å². The van der Waals surface area contributed by atoms with Gasteiger partial charge in [-0.05, 0) is 0 Å². The minimum absolute atomic E-state index is 0. The zero-order chi connectivity index (χ0) is 2.71. The van der Waals surface area contributed by atoms with Crippen LogP contribution in [0.15, 0.2) is 0 Å². The first-order valence-electron chi connectivity index (χ1n) is 1.41. The Balaban J connectivity index is -0.00000000133. The van der Waals surface area contributed by atoms with E-state index in [0.29, 0.717) is 0 Å². The van der Waals surface area contributed by atoms with Gasteiger partial charge in [0.15, 0.2) is 0 Å². The molecule has 9 heavy (non-hydrogen) atoms. The summed E-state index contributed by atoms with van der Waals surface area (Å²) in [6.07, 6.45) is 1.25. The van der Waals surface area contributed by atoms with Crippen LogP contribution >= 0.6 is 0 Å². The van der Waals surface area contributed by atoms with Crippen molar-refractivity contribution in [1.29, 1.82) is 0 Å². The quantitative estimate of drug-likeness (QED) is 0.566. The topological polar surface area (TPSA) is 67.0 Å². The van der Waals surface area contributed by atoms with E-state index in [9.17, 15) is 0 Å². The van der Waals surface area contributed by atoms with Gasteiger partial charge in [-0.1, -0.05) is 20.3 Å². The second-order valence-corrected chi connectivity index (χ2v) is 0.707. The zero-order valence-corrected chi connectivity index (χ0v) is 11.9. The van der Waals surface area contributed by atoms with Crippen LogP contribution in [0.1, 0.15) is 20.3 Å². The summed E-state index contributed by atoms with van der Waals surface area (Å²) in [6.45, 7) is 4.25. The average Bonchev–Trinajstić information content (AvgIpc) is 0.918. The molecule has 0 saturated carbocycles. The van der Waals surface area contributed by atoms with Crippen molar-refractivity contribution in [3.05, 3.63) is 27.2 Å². The van der Waals surface area contributed by atoms with Crippen LogP contribution in [-0.4, -0.2) is 0 Å². The van der Waals surface area contributed by atoms with Crippen LogP contribution in [0, 0.1) is 14.9 Å². The molecule has 0 amide bonds. The summed E-state index contributed by atoms with van der Waals surface area (Å²) in [5.41, 5.74) is 0. The van der Waals surface area contributed by atoms with E-state index in [2.05, 4.69) is 13.8 Å².